The average molecular weight is 423 g/mol. The molecule has 2 nitrogen and oxygen atoms in total. The first-order valence-corrected chi connectivity index (χ1v) is 7.84. The average Bonchev–Trinajstić information content (AvgIpc) is 2.41. The van der Waals surface area contributed by atoms with Gasteiger partial charge in [0.15, 0.2) is 0 Å². The van der Waals surface area contributed by atoms with E-state index >= 15 is 0 Å². The molecule has 1 atom stereocenters. The Morgan fingerprint density at radius 2 is 1.90 bits per heavy atom. The molecule has 0 radical (unpaired) electrons. The van der Waals surface area contributed by atoms with E-state index in [1.54, 1.807) is 6.07 Å². The molecule has 6 heteroatoms. The molecule has 0 aliphatic carbocycles. The van der Waals surface area contributed by atoms with E-state index in [4.69, 9.17) is 17.3 Å². The Balaban J connectivity index is 2.26. The Hall–Kier alpha value is -0.620. The smallest absolute Gasteiger partial charge is 0.124 e. The number of rotatable bonds is 4. The summed E-state index contributed by atoms with van der Waals surface area (Å²) in [6.45, 7) is 0.373. The monoisotopic (exact) mass is 420 g/mol. The molecule has 0 aliphatic heterocycles. The van der Waals surface area contributed by atoms with Gasteiger partial charge < -0.3 is 11.1 Å². The van der Waals surface area contributed by atoms with Gasteiger partial charge in [-0.3, -0.25) is 0 Å². The molecule has 0 amide bonds. The lowest BCUT2D eigenvalue weighted by atomic mass is 10.1. The number of nitrogens with one attached hydrogen (secondary N) is 1. The molecule has 2 aromatic rings. The molecule has 2 aromatic carbocycles. The minimum Gasteiger partial charge on any atom is -0.377 e. The molecule has 0 aromatic heterocycles. The van der Waals surface area contributed by atoms with Crippen LogP contribution in [0.25, 0.3) is 0 Å². The number of benzene rings is 2. The highest BCUT2D eigenvalue weighted by Gasteiger charge is 2.14. The van der Waals surface area contributed by atoms with Gasteiger partial charge in [-0.2, -0.15) is 0 Å². The third-order valence-corrected chi connectivity index (χ3v) is 4.75. The zero-order valence-corrected chi connectivity index (χ0v) is 14.3. The molecule has 0 saturated heterocycles. The minimum absolute atomic E-state index is 0.137. The maximum atomic E-state index is 13.1. The van der Waals surface area contributed by atoms with Gasteiger partial charge in [0.05, 0.1) is 11.1 Å². The summed E-state index contributed by atoms with van der Waals surface area (Å²) < 4.78 is 14.6. The normalized spacial score (nSPS) is 12.2. The Kier molecular flexibility index (Phi) is 5.43. The Morgan fingerprint density at radius 1 is 1.15 bits per heavy atom. The second kappa shape index (κ2) is 6.89. The molecule has 1 unspecified atom stereocenters. The minimum atomic E-state index is -0.289. The van der Waals surface area contributed by atoms with Crippen molar-refractivity contribution in [1.29, 1.82) is 0 Å². The van der Waals surface area contributed by atoms with Crippen molar-refractivity contribution in [1.82, 2.24) is 0 Å². The van der Waals surface area contributed by atoms with Crippen molar-refractivity contribution in [2.75, 3.05) is 11.9 Å². The first kappa shape index (κ1) is 15.8. The van der Waals surface area contributed by atoms with Crippen molar-refractivity contribution >= 4 is 49.1 Å². The second-order valence-electron chi connectivity index (χ2n) is 4.23. The fraction of sp³-hybridized carbons (Fsp3) is 0.143. The maximum absolute atomic E-state index is 13.1. The summed E-state index contributed by atoms with van der Waals surface area (Å²) in [5.74, 6) is -0.289. The van der Waals surface area contributed by atoms with Crippen LogP contribution in [0, 0.1) is 5.82 Å². The summed E-state index contributed by atoms with van der Waals surface area (Å²) in [5, 5.41) is 3.91. The molecule has 3 N–H and O–H groups in total. The van der Waals surface area contributed by atoms with Crippen molar-refractivity contribution in [2.24, 2.45) is 5.73 Å². The van der Waals surface area contributed by atoms with Gasteiger partial charge >= 0.3 is 0 Å². The molecule has 0 fully saturated rings. The number of anilines is 1. The van der Waals surface area contributed by atoms with Crippen LogP contribution in [0.15, 0.2) is 45.3 Å². The van der Waals surface area contributed by atoms with Gasteiger partial charge in [0.1, 0.15) is 5.82 Å². The molecule has 106 valence electrons. The Labute approximate surface area is 138 Å². The Morgan fingerprint density at radius 3 is 2.50 bits per heavy atom. The first-order valence-electron chi connectivity index (χ1n) is 5.88. The molecule has 0 saturated carbocycles. The van der Waals surface area contributed by atoms with Gasteiger partial charge in [-0.25, -0.2) is 4.39 Å². The van der Waals surface area contributed by atoms with Crippen molar-refractivity contribution in [3.63, 3.8) is 0 Å². The lowest BCUT2D eigenvalue weighted by Gasteiger charge is -2.20. The molecular weight excluding hydrogens is 410 g/mol. The van der Waals surface area contributed by atoms with Gasteiger partial charge in [0.2, 0.25) is 0 Å². The highest BCUT2D eigenvalue weighted by atomic mass is 79.9. The van der Waals surface area contributed by atoms with Crippen LogP contribution in [0.1, 0.15) is 11.6 Å². The Bertz CT molecular complexity index is 622. The van der Waals surface area contributed by atoms with Gasteiger partial charge in [-0.15, -0.1) is 0 Å². The number of nitrogens with two attached hydrogens (primary N) is 1. The van der Waals surface area contributed by atoms with Crippen LogP contribution in [0.5, 0.6) is 0 Å². The van der Waals surface area contributed by atoms with E-state index in [-0.39, 0.29) is 11.9 Å². The SMILES string of the molecule is NCC(Nc1ccc(Br)c(Cl)c1)c1ccc(F)cc1Br. The lowest BCUT2D eigenvalue weighted by molar-refractivity contribution is 0.624. The quantitative estimate of drug-likeness (QED) is 0.718. The van der Waals surface area contributed by atoms with E-state index in [0.29, 0.717) is 16.0 Å². The number of halogens is 4. The summed E-state index contributed by atoms with van der Waals surface area (Å²) in [5.41, 5.74) is 7.56. The van der Waals surface area contributed by atoms with E-state index in [1.165, 1.54) is 12.1 Å². The zero-order chi connectivity index (χ0) is 14.7. The zero-order valence-electron chi connectivity index (χ0n) is 10.3. The first-order chi connectivity index (χ1) is 9.51. The fourth-order valence-electron chi connectivity index (χ4n) is 1.83. The van der Waals surface area contributed by atoms with E-state index in [9.17, 15) is 4.39 Å². The highest BCUT2D eigenvalue weighted by Crippen LogP contribution is 2.30. The van der Waals surface area contributed by atoms with Crippen molar-refractivity contribution in [2.45, 2.75) is 6.04 Å². The highest BCUT2D eigenvalue weighted by molar-refractivity contribution is 9.10. The van der Waals surface area contributed by atoms with Gasteiger partial charge in [-0.05, 0) is 51.8 Å². The topological polar surface area (TPSA) is 38.0 Å². The maximum Gasteiger partial charge on any atom is 0.124 e. The van der Waals surface area contributed by atoms with Crippen molar-refractivity contribution in [3.05, 3.63) is 61.7 Å². The van der Waals surface area contributed by atoms with E-state index < -0.39 is 0 Å². The van der Waals surface area contributed by atoms with Crippen LogP contribution in [0.4, 0.5) is 10.1 Å². The standard InChI is InChI=1S/C14H12Br2ClFN2/c15-11-4-2-9(6-13(11)17)20-14(7-19)10-3-1-8(18)5-12(10)16/h1-6,14,20H,7,19H2. The molecule has 0 aliphatic rings. The van der Waals surface area contributed by atoms with Crippen LogP contribution >= 0.6 is 43.5 Å². The van der Waals surface area contributed by atoms with Gasteiger partial charge in [-0.1, -0.05) is 33.6 Å². The molecule has 0 bridgehead atoms. The summed E-state index contributed by atoms with van der Waals surface area (Å²) in [6, 6.07) is 9.99. The summed E-state index contributed by atoms with van der Waals surface area (Å²) in [7, 11) is 0. The summed E-state index contributed by atoms with van der Waals surface area (Å²) >= 11 is 12.8. The van der Waals surface area contributed by atoms with Crippen LogP contribution < -0.4 is 11.1 Å². The van der Waals surface area contributed by atoms with E-state index in [1.807, 2.05) is 18.2 Å². The third kappa shape index (κ3) is 3.73. The third-order valence-electron chi connectivity index (χ3n) is 2.83. The number of hydrogen-bond acceptors (Lipinski definition) is 2. The molecule has 0 spiro atoms. The van der Waals surface area contributed by atoms with Crippen LogP contribution in [0.2, 0.25) is 5.02 Å². The van der Waals surface area contributed by atoms with E-state index in [0.717, 1.165) is 15.7 Å². The number of hydrogen-bond donors (Lipinski definition) is 2. The van der Waals surface area contributed by atoms with Crippen molar-refractivity contribution < 1.29 is 4.39 Å². The van der Waals surface area contributed by atoms with Gasteiger partial charge in [0.25, 0.3) is 0 Å². The second-order valence-corrected chi connectivity index (χ2v) is 6.34. The molecular formula is C14H12Br2ClFN2. The summed E-state index contributed by atoms with van der Waals surface area (Å²) in [4.78, 5) is 0. The predicted molar refractivity (Wildman–Crippen MR) is 88.7 cm³/mol. The van der Waals surface area contributed by atoms with Crippen LogP contribution in [0.3, 0.4) is 0 Å². The summed E-state index contributed by atoms with van der Waals surface area (Å²) in [6.07, 6.45) is 0. The van der Waals surface area contributed by atoms with Gasteiger partial charge in [0, 0.05) is 21.2 Å². The molecule has 2 rings (SSSR count). The predicted octanol–water partition coefficient (Wildman–Crippen LogP) is 5.12. The molecule has 20 heavy (non-hydrogen) atoms. The van der Waals surface area contributed by atoms with Crippen LogP contribution in [-0.2, 0) is 0 Å². The van der Waals surface area contributed by atoms with Crippen molar-refractivity contribution in [3.8, 4) is 0 Å². The fourth-order valence-corrected chi connectivity index (χ4v) is 2.89. The van der Waals surface area contributed by atoms with E-state index in [2.05, 4.69) is 37.2 Å². The largest absolute Gasteiger partial charge is 0.377 e. The lowest BCUT2D eigenvalue weighted by Crippen LogP contribution is -2.21. The molecule has 0 heterocycles. The van der Waals surface area contributed by atoms with Crippen LogP contribution in [-0.4, -0.2) is 6.54 Å².